The molecule has 0 bridgehead atoms. The van der Waals surface area contributed by atoms with Crippen molar-refractivity contribution in [1.82, 2.24) is 25.4 Å². The van der Waals surface area contributed by atoms with Crippen molar-refractivity contribution in [1.29, 1.82) is 0 Å². The summed E-state index contributed by atoms with van der Waals surface area (Å²) in [5.41, 5.74) is 0. The maximum atomic E-state index is 4.75. The second kappa shape index (κ2) is 10.4. The summed E-state index contributed by atoms with van der Waals surface area (Å²) < 4.78 is 2.27. The third kappa shape index (κ3) is 6.67. The topological polar surface area (TPSA) is 67.1 Å². The lowest BCUT2D eigenvalue weighted by Gasteiger charge is -2.18. The van der Waals surface area contributed by atoms with Crippen molar-refractivity contribution in [2.24, 2.45) is 10.9 Å². The van der Waals surface area contributed by atoms with Crippen molar-refractivity contribution in [3.05, 3.63) is 11.6 Å². The Morgan fingerprint density at radius 1 is 1.16 bits per heavy atom. The summed E-state index contributed by atoms with van der Waals surface area (Å²) in [6.07, 6.45) is 8.47. The molecule has 142 valence electrons. The number of aliphatic imine (C=N–C) groups is 1. The zero-order chi connectivity index (χ0) is 18.1. The minimum Gasteiger partial charge on any atom is -0.357 e. The van der Waals surface area contributed by atoms with Crippen LogP contribution in [-0.4, -0.2) is 33.3 Å². The Morgan fingerprint density at radius 2 is 2.00 bits per heavy atom. The molecule has 0 saturated carbocycles. The minimum atomic E-state index is 0.423. The summed E-state index contributed by atoms with van der Waals surface area (Å²) in [6.45, 7) is 11.4. The molecule has 0 aliphatic carbocycles. The van der Waals surface area contributed by atoms with Gasteiger partial charge in [0.25, 0.3) is 0 Å². The van der Waals surface area contributed by atoms with Crippen molar-refractivity contribution >= 4 is 5.96 Å². The van der Waals surface area contributed by atoms with E-state index in [0.29, 0.717) is 12.6 Å². The van der Waals surface area contributed by atoms with Gasteiger partial charge in [-0.2, -0.15) is 0 Å². The van der Waals surface area contributed by atoms with Gasteiger partial charge in [-0.1, -0.05) is 33.1 Å². The second-order valence-electron chi connectivity index (χ2n) is 7.56. The van der Waals surface area contributed by atoms with E-state index in [1.165, 1.54) is 38.5 Å². The molecule has 1 atom stereocenters. The van der Waals surface area contributed by atoms with Crippen LogP contribution in [0.1, 0.15) is 77.9 Å². The summed E-state index contributed by atoms with van der Waals surface area (Å²) in [7, 11) is 0. The third-order valence-corrected chi connectivity index (χ3v) is 4.71. The minimum absolute atomic E-state index is 0.423. The Hall–Kier alpha value is -1.59. The van der Waals surface area contributed by atoms with E-state index in [1.807, 2.05) is 0 Å². The zero-order valence-electron chi connectivity index (χ0n) is 16.5. The summed E-state index contributed by atoms with van der Waals surface area (Å²) in [5, 5.41) is 15.6. The molecule has 2 N–H and O–H groups in total. The van der Waals surface area contributed by atoms with Crippen molar-refractivity contribution in [3.8, 4) is 0 Å². The molecule has 25 heavy (non-hydrogen) atoms. The molecule has 6 heteroatoms. The summed E-state index contributed by atoms with van der Waals surface area (Å²) in [5.74, 6) is 3.77. The van der Waals surface area contributed by atoms with Crippen molar-refractivity contribution in [2.75, 3.05) is 6.54 Å². The molecule has 0 amide bonds. The molecule has 0 radical (unpaired) electrons. The van der Waals surface area contributed by atoms with Crippen LogP contribution >= 0.6 is 0 Å². The summed E-state index contributed by atoms with van der Waals surface area (Å²) >= 11 is 0. The Bertz CT molecular complexity index is 534. The summed E-state index contributed by atoms with van der Waals surface area (Å²) in [6, 6.07) is 0.423. The van der Waals surface area contributed by atoms with E-state index >= 15 is 0 Å². The number of aryl methyl sites for hydroxylation is 1. The number of aromatic nitrogens is 3. The average Bonchev–Trinajstić information content (AvgIpc) is 2.79. The van der Waals surface area contributed by atoms with E-state index in [-0.39, 0.29) is 0 Å². The maximum Gasteiger partial charge on any atom is 0.191 e. The predicted octanol–water partition coefficient (Wildman–Crippen LogP) is 3.27. The SMILES string of the molecule is CCNC(=NCc1nnc2n1CCCCC2)NC(C)CCCC(C)C. The molecule has 6 nitrogen and oxygen atoms in total. The van der Waals surface area contributed by atoms with Crippen molar-refractivity contribution in [2.45, 2.75) is 91.8 Å². The molecule has 1 aromatic heterocycles. The molecule has 2 heterocycles. The fourth-order valence-electron chi connectivity index (χ4n) is 3.27. The van der Waals surface area contributed by atoms with Crippen LogP contribution in [0.4, 0.5) is 0 Å². The van der Waals surface area contributed by atoms with Crippen molar-refractivity contribution in [3.63, 3.8) is 0 Å². The van der Waals surface area contributed by atoms with Gasteiger partial charge >= 0.3 is 0 Å². The Kier molecular flexibility index (Phi) is 8.22. The molecule has 2 rings (SSSR count). The fourth-order valence-corrected chi connectivity index (χ4v) is 3.27. The average molecular weight is 349 g/mol. The first-order valence-corrected chi connectivity index (χ1v) is 10.1. The van der Waals surface area contributed by atoms with Gasteiger partial charge in [-0.3, -0.25) is 0 Å². The van der Waals surface area contributed by atoms with Gasteiger partial charge in [0.2, 0.25) is 0 Å². The van der Waals surface area contributed by atoms with Gasteiger partial charge in [0.15, 0.2) is 11.8 Å². The molecule has 1 aliphatic heterocycles. The van der Waals surface area contributed by atoms with E-state index in [0.717, 1.165) is 43.0 Å². The van der Waals surface area contributed by atoms with Crippen LogP contribution in [0.2, 0.25) is 0 Å². The van der Waals surface area contributed by atoms with Gasteiger partial charge in [0.05, 0.1) is 0 Å². The lowest BCUT2D eigenvalue weighted by molar-refractivity contribution is 0.491. The van der Waals surface area contributed by atoms with Crippen LogP contribution in [0.15, 0.2) is 4.99 Å². The van der Waals surface area contributed by atoms with Gasteiger partial charge < -0.3 is 15.2 Å². The summed E-state index contributed by atoms with van der Waals surface area (Å²) in [4.78, 5) is 4.75. The van der Waals surface area contributed by atoms with Crippen LogP contribution in [0, 0.1) is 5.92 Å². The van der Waals surface area contributed by atoms with Gasteiger partial charge in [0, 0.05) is 25.6 Å². The van der Waals surface area contributed by atoms with Gasteiger partial charge in [-0.15, -0.1) is 10.2 Å². The first-order valence-electron chi connectivity index (χ1n) is 10.1. The first kappa shape index (κ1) is 19.7. The quantitative estimate of drug-likeness (QED) is 0.559. The molecular weight excluding hydrogens is 312 g/mol. The number of hydrogen-bond acceptors (Lipinski definition) is 3. The molecule has 1 unspecified atom stereocenters. The molecular formula is C19H36N6. The molecule has 1 aliphatic rings. The molecule has 0 aromatic carbocycles. The molecule has 0 fully saturated rings. The molecule has 0 spiro atoms. The Balaban J connectivity index is 1.92. The molecule has 1 aromatic rings. The number of nitrogens with one attached hydrogen (secondary N) is 2. The standard InChI is InChI=1S/C19H36N6/c1-5-20-19(22-16(4)11-9-10-15(2)3)21-14-18-24-23-17-12-7-6-8-13-25(17)18/h15-16H,5-14H2,1-4H3,(H2,20,21,22). The lowest BCUT2D eigenvalue weighted by atomic mass is 10.0. The lowest BCUT2D eigenvalue weighted by Crippen LogP contribution is -2.42. The van der Waals surface area contributed by atoms with Crippen LogP contribution < -0.4 is 10.6 Å². The normalized spacial score (nSPS) is 16.4. The van der Waals surface area contributed by atoms with E-state index < -0.39 is 0 Å². The highest BCUT2D eigenvalue weighted by Gasteiger charge is 2.14. The van der Waals surface area contributed by atoms with E-state index in [9.17, 15) is 0 Å². The number of guanidine groups is 1. The largest absolute Gasteiger partial charge is 0.357 e. The van der Waals surface area contributed by atoms with Gasteiger partial charge in [-0.25, -0.2) is 4.99 Å². The van der Waals surface area contributed by atoms with Gasteiger partial charge in [-0.05, 0) is 39.0 Å². The van der Waals surface area contributed by atoms with E-state index in [4.69, 9.17) is 4.99 Å². The maximum absolute atomic E-state index is 4.75. The highest BCUT2D eigenvalue weighted by molar-refractivity contribution is 5.79. The monoisotopic (exact) mass is 348 g/mol. The predicted molar refractivity (Wildman–Crippen MR) is 104 cm³/mol. The third-order valence-electron chi connectivity index (χ3n) is 4.71. The van der Waals surface area contributed by atoms with Gasteiger partial charge in [0.1, 0.15) is 12.4 Å². The Morgan fingerprint density at radius 3 is 2.76 bits per heavy atom. The highest BCUT2D eigenvalue weighted by Crippen LogP contribution is 2.15. The van der Waals surface area contributed by atoms with Crippen LogP contribution in [-0.2, 0) is 19.5 Å². The van der Waals surface area contributed by atoms with E-state index in [2.05, 4.69) is 53.1 Å². The number of hydrogen-bond donors (Lipinski definition) is 2. The first-order chi connectivity index (χ1) is 12.1. The second-order valence-corrected chi connectivity index (χ2v) is 7.56. The van der Waals surface area contributed by atoms with Crippen LogP contribution in [0.3, 0.4) is 0 Å². The van der Waals surface area contributed by atoms with Crippen LogP contribution in [0.5, 0.6) is 0 Å². The highest BCUT2D eigenvalue weighted by atomic mass is 15.3. The van der Waals surface area contributed by atoms with E-state index in [1.54, 1.807) is 0 Å². The number of fused-ring (bicyclic) bond motifs is 1. The van der Waals surface area contributed by atoms with Crippen molar-refractivity contribution < 1.29 is 0 Å². The fraction of sp³-hybridized carbons (Fsp3) is 0.842. The smallest absolute Gasteiger partial charge is 0.191 e. The van der Waals surface area contributed by atoms with Crippen LogP contribution in [0.25, 0.3) is 0 Å². The molecule has 0 saturated heterocycles. The Labute approximate surface area is 152 Å². The zero-order valence-corrected chi connectivity index (χ0v) is 16.5. The number of nitrogens with zero attached hydrogens (tertiary/aromatic N) is 4. The number of rotatable bonds is 8.